The lowest BCUT2D eigenvalue weighted by Gasteiger charge is -2.20. The van der Waals surface area contributed by atoms with Gasteiger partial charge in [-0.05, 0) is 12.8 Å². The van der Waals surface area contributed by atoms with Crippen LogP contribution in [0.3, 0.4) is 0 Å². The third kappa shape index (κ3) is 4.88. The first-order chi connectivity index (χ1) is 6.44. The molecule has 6 heteroatoms. The van der Waals surface area contributed by atoms with Crippen molar-refractivity contribution < 1.29 is 8.42 Å². The van der Waals surface area contributed by atoms with Gasteiger partial charge in [-0.25, -0.2) is 8.42 Å². The Bertz CT molecular complexity index is 275. The average molecular weight is 238 g/mol. The van der Waals surface area contributed by atoms with E-state index in [0.29, 0.717) is 13.0 Å². The van der Waals surface area contributed by atoms with Gasteiger partial charge in [0.2, 0.25) is 10.0 Å². The fraction of sp³-hybridized carbons (Fsp3) is 0.875. The molecule has 0 radical (unpaired) electrons. The average Bonchev–Trinajstić information content (AvgIpc) is 2.02. The Labute approximate surface area is 91.5 Å². The lowest BCUT2D eigenvalue weighted by molar-refractivity contribution is 0.449. The molecule has 0 fully saturated rings. The first-order valence-electron chi connectivity index (χ1n) is 4.70. The minimum Gasteiger partial charge on any atom is -0.392 e. The fourth-order valence-corrected chi connectivity index (χ4v) is 2.93. The third-order valence-electron chi connectivity index (χ3n) is 1.66. The van der Waals surface area contributed by atoms with Gasteiger partial charge in [-0.3, -0.25) is 0 Å². The Morgan fingerprint density at radius 1 is 1.36 bits per heavy atom. The maximum absolute atomic E-state index is 11.7. The molecule has 0 aliphatic rings. The lowest BCUT2D eigenvalue weighted by atomic mass is 10.5. The Morgan fingerprint density at radius 2 is 1.93 bits per heavy atom. The van der Waals surface area contributed by atoms with Crippen molar-refractivity contribution in [1.82, 2.24) is 4.31 Å². The van der Waals surface area contributed by atoms with E-state index in [2.05, 4.69) is 0 Å². The normalized spacial score (nSPS) is 11.9. The van der Waals surface area contributed by atoms with Crippen LogP contribution < -0.4 is 5.73 Å². The molecule has 4 nitrogen and oxygen atoms in total. The molecule has 0 saturated carbocycles. The molecule has 0 aromatic heterocycles. The monoisotopic (exact) mass is 238 g/mol. The number of hydrogen-bond acceptors (Lipinski definition) is 3. The summed E-state index contributed by atoms with van der Waals surface area (Å²) in [4.78, 5) is 0.220. The van der Waals surface area contributed by atoms with Gasteiger partial charge in [-0.15, -0.1) is 0 Å². The number of sulfonamides is 1. The van der Waals surface area contributed by atoms with Crippen molar-refractivity contribution in [1.29, 1.82) is 0 Å². The highest BCUT2D eigenvalue weighted by Gasteiger charge is 2.20. The second-order valence-corrected chi connectivity index (χ2v) is 5.73. The summed E-state index contributed by atoms with van der Waals surface area (Å²) >= 11 is 4.71. The maximum atomic E-state index is 11.7. The fourth-order valence-electron chi connectivity index (χ4n) is 1.13. The number of hydrogen-bond donors (Lipinski definition) is 1. The second-order valence-electron chi connectivity index (χ2n) is 3.12. The van der Waals surface area contributed by atoms with Crippen LogP contribution >= 0.6 is 12.2 Å². The molecule has 0 aromatic rings. The molecule has 2 N–H and O–H groups in total. The molecular formula is C8H18N2O2S2. The SMILES string of the molecule is CCCN(CC(N)=S)S(=O)(=O)CCC. The highest BCUT2D eigenvalue weighted by molar-refractivity contribution is 7.89. The minimum atomic E-state index is -3.16. The smallest absolute Gasteiger partial charge is 0.214 e. The molecule has 0 aliphatic carbocycles. The molecule has 0 aromatic carbocycles. The quantitative estimate of drug-likeness (QED) is 0.664. The molecule has 0 rings (SSSR count). The Morgan fingerprint density at radius 3 is 2.29 bits per heavy atom. The van der Waals surface area contributed by atoms with Gasteiger partial charge in [0.05, 0.1) is 17.3 Å². The van der Waals surface area contributed by atoms with Crippen molar-refractivity contribution in [2.24, 2.45) is 5.73 Å². The zero-order chi connectivity index (χ0) is 11.2. The van der Waals surface area contributed by atoms with Crippen molar-refractivity contribution in [2.75, 3.05) is 18.8 Å². The van der Waals surface area contributed by atoms with Gasteiger partial charge in [0.1, 0.15) is 0 Å². The van der Waals surface area contributed by atoms with Crippen LogP contribution in [-0.2, 0) is 10.0 Å². The van der Waals surface area contributed by atoms with E-state index in [1.165, 1.54) is 4.31 Å². The van der Waals surface area contributed by atoms with Crippen LogP contribution in [0.4, 0.5) is 0 Å². The predicted molar refractivity (Wildman–Crippen MR) is 62.7 cm³/mol. The molecule has 0 heterocycles. The van der Waals surface area contributed by atoms with E-state index in [-0.39, 0.29) is 17.3 Å². The molecule has 0 saturated heterocycles. The van der Waals surface area contributed by atoms with Gasteiger partial charge in [0.15, 0.2) is 0 Å². The summed E-state index contributed by atoms with van der Waals surface area (Å²) in [6.07, 6.45) is 1.38. The molecule has 0 aliphatic heterocycles. The van der Waals surface area contributed by atoms with E-state index in [1.54, 1.807) is 0 Å². The lowest BCUT2D eigenvalue weighted by Crippen LogP contribution is -2.39. The molecular weight excluding hydrogens is 220 g/mol. The van der Waals surface area contributed by atoms with Crippen LogP contribution in [0.1, 0.15) is 26.7 Å². The van der Waals surface area contributed by atoms with Crippen molar-refractivity contribution in [2.45, 2.75) is 26.7 Å². The number of thiocarbonyl (C=S) groups is 1. The Balaban J connectivity index is 4.54. The van der Waals surface area contributed by atoms with E-state index in [9.17, 15) is 8.42 Å². The summed E-state index contributed by atoms with van der Waals surface area (Å²) in [5, 5.41) is 0. The largest absolute Gasteiger partial charge is 0.392 e. The van der Waals surface area contributed by atoms with E-state index < -0.39 is 10.0 Å². The van der Waals surface area contributed by atoms with Gasteiger partial charge in [-0.1, -0.05) is 26.1 Å². The van der Waals surface area contributed by atoms with E-state index in [0.717, 1.165) is 6.42 Å². The summed E-state index contributed by atoms with van der Waals surface area (Å²) in [5.74, 6) is 0.162. The predicted octanol–water partition coefficient (Wildman–Crippen LogP) is 0.724. The van der Waals surface area contributed by atoms with Crippen LogP contribution in [0.5, 0.6) is 0 Å². The van der Waals surface area contributed by atoms with Crippen LogP contribution in [0, 0.1) is 0 Å². The van der Waals surface area contributed by atoms with E-state index in [4.69, 9.17) is 18.0 Å². The van der Waals surface area contributed by atoms with Gasteiger partial charge in [0, 0.05) is 6.54 Å². The maximum Gasteiger partial charge on any atom is 0.214 e. The summed E-state index contributed by atoms with van der Waals surface area (Å²) in [6.45, 7) is 4.40. The van der Waals surface area contributed by atoms with Crippen molar-refractivity contribution in [3.63, 3.8) is 0 Å². The number of nitrogens with two attached hydrogens (primary N) is 1. The van der Waals surface area contributed by atoms with E-state index >= 15 is 0 Å². The molecule has 0 spiro atoms. The minimum absolute atomic E-state index is 0.158. The number of nitrogens with zero attached hydrogens (tertiary/aromatic N) is 1. The van der Waals surface area contributed by atoms with Gasteiger partial charge in [-0.2, -0.15) is 4.31 Å². The molecule has 0 unspecified atom stereocenters. The van der Waals surface area contributed by atoms with E-state index in [1.807, 2.05) is 13.8 Å². The third-order valence-corrected chi connectivity index (χ3v) is 3.81. The highest BCUT2D eigenvalue weighted by Crippen LogP contribution is 2.04. The van der Waals surface area contributed by atoms with Gasteiger partial charge >= 0.3 is 0 Å². The molecule has 0 amide bonds. The van der Waals surface area contributed by atoms with Crippen LogP contribution in [0.15, 0.2) is 0 Å². The summed E-state index contributed by atoms with van der Waals surface area (Å²) < 4.78 is 24.7. The summed E-state index contributed by atoms with van der Waals surface area (Å²) in [7, 11) is -3.16. The van der Waals surface area contributed by atoms with Crippen LogP contribution in [0.2, 0.25) is 0 Å². The molecule has 14 heavy (non-hydrogen) atoms. The van der Waals surface area contributed by atoms with Gasteiger partial charge in [0.25, 0.3) is 0 Å². The topological polar surface area (TPSA) is 63.4 Å². The van der Waals surface area contributed by atoms with Crippen molar-refractivity contribution >= 4 is 27.2 Å². The standard InChI is InChI=1S/C8H18N2O2S2/c1-3-5-10(7-8(9)13)14(11,12)6-4-2/h3-7H2,1-2H3,(H2,9,13). The number of rotatable bonds is 7. The van der Waals surface area contributed by atoms with Crippen LogP contribution in [-0.4, -0.2) is 36.6 Å². The molecule has 0 bridgehead atoms. The molecule has 0 atom stereocenters. The summed E-state index contributed by atoms with van der Waals surface area (Å²) in [6, 6.07) is 0. The Hall–Kier alpha value is -0.200. The highest BCUT2D eigenvalue weighted by atomic mass is 32.2. The van der Waals surface area contributed by atoms with Crippen LogP contribution in [0.25, 0.3) is 0 Å². The second kappa shape index (κ2) is 6.31. The van der Waals surface area contributed by atoms with Crippen molar-refractivity contribution in [3.8, 4) is 0 Å². The zero-order valence-corrected chi connectivity index (χ0v) is 10.3. The zero-order valence-electron chi connectivity index (χ0n) is 8.69. The first kappa shape index (κ1) is 13.8. The summed E-state index contributed by atoms with van der Waals surface area (Å²) in [5.41, 5.74) is 5.34. The van der Waals surface area contributed by atoms with Crippen molar-refractivity contribution in [3.05, 3.63) is 0 Å². The Kier molecular flexibility index (Phi) is 6.22. The molecule has 84 valence electrons. The van der Waals surface area contributed by atoms with Gasteiger partial charge < -0.3 is 5.73 Å². The first-order valence-corrected chi connectivity index (χ1v) is 6.72.